The van der Waals surface area contributed by atoms with E-state index in [1.807, 2.05) is 0 Å². The van der Waals surface area contributed by atoms with Crippen LogP contribution in [0.15, 0.2) is 54.6 Å². The summed E-state index contributed by atoms with van der Waals surface area (Å²) in [6.45, 7) is -0.502. The lowest BCUT2D eigenvalue weighted by Gasteiger charge is -2.06. The average Bonchev–Trinajstić information content (AvgIpc) is 2.59. The highest BCUT2D eigenvalue weighted by atomic mass is 19.1. The number of esters is 1. The van der Waals surface area contributed by atoms with E-state index < -0.39 is 30.2 Å². The van der Waals surface area contributed by atoms with Crippen molar-refractivity contribution in [3.63, 3.8) is 0 Å². The molecule has 2 aromatic carbocycles. The maximum absolute atomic E-state index is 13.4. The zero-order valence-electron chi connectivity index (χ0n) is 13.1. The Morgan fingerprint density at radius 1 is 1.08 bits per heavy atom. The van der Waals surface area contributed by atoms with Gasteiger partial charge in [-0.3, -0.25) is 9.59 Å². The minimum absolute atomic E-state index is 0.235. The van der Waals surface area contributed by atoms with Gasteiger partial charge in [-0.15, -0.1) is 0 Å². The lowest BCUT2D eigenvalue weighted by molar-refractivity contribution is -0.142. The Morgan fingerprint density at radius 3 is 2.40 bits per heavy atom. The third-order valence-corrected chi connectivity index (χ3v) is 3.10. The number of benzene rings is 2. The fraction of sp³-hybridized carbons (Fsp3) is 0.0556. The second kappa shape index (κ2) is 8.39. The molecule has 0 atom stereocenters. The lowest BCUT2D eigenvalue weighted by atomic mass is 10.2. The van der Waals surface area contributed by atoms with Gasteiger partial charge in [0.15, 0.2) is 6.61 Å². The molecule has 2 amide bonds. The first kappa shape index (κ1) is 17.9. The summed E-state index contributed by atoms with van der Waals surface area (Å²) in [6, 6.07) is 11.8. The Morgan fingerprint density at radius 2 is 1.76 bits per heavy atom. The summed E-state index contributed by atoms with van der Waals surface area (Å²) in [5.41, 5.74) is 6.08. The van der Waals surface area contributed by atoms with Crippen LogP contribution in [-0.4, -0.2) is 24.4 Å². The molecule has 0 spiro atoms. The molecule has 25 heavy (non-hydrogen) atoms. The fourth-order valence-corrected chi connectivity index (χ4v) is 1.87. The zero-order valence-corrected chi connectivity index (χ0v) is 13.1. The Labute approximate surface area is 143 Å². The molecule has 0 aliphatic heterocycles. The van der Waals surface area contributed by atoms with Gasteiger partial charge >= 0.3 is 5.97 Å². The van der Waals surface area contributed by atoms with E-state index in [1.165, 1.54) is 48.5 Å². The van der Waals surface area contributed by atoms with E-state index in [4.69, 9.17) is 10.5 Å². The van der Waals surface area contributed by atoms with Gasteiger partial charge in [0, 0.05) is 22.9 Å². The third kappa shape index (κ3) is 5.58. The highest BCUT2D eigenvalue weighted by Crippen LogP contribution is 2.10. The lowest BCUT2D eigenvalue weighted by Crippen LogP contribution is -2.20. The second-order valence-corrected chi connectivity index (χ2v) is 4.95. The summed E-state index contributed by atoms with van der Waals surface area (Å²) in [6.07, 6.45) is 2.30. The van der Waals surface area contributed by atoms with Crippen LogP contribution in [0.5, 0.6) is 0 Å². The molecule has 2 aromatic rings. The highest BCUT2D eigenvalue weighted by molar-refractivity contribution is 5.96. The number of carbonyl (C=O) groups is 3. The first-order valence-electron chi connectivity index (χ1n) is 7.25. The molecule has 0 unspecified atom stereocenters. The van der Waals surface area contributed by atoms with Crippen LogP contribution in [0.1, 0.15) is 15.9 Å². The topological polar surface area (TPSA) is 98.5 Å². The smallest absolute Gasteiger partial charge is 0.331 e. The molecule has 7 heteroatoms. The van der Waals surface area contributed by atoms with E-state index in [-0.39, 0.29) is 5.56 Å². The number of rotatable bonds is 6. The standard InChI is InChI=1S/C18H15FN2O4/c19-15-4-2-1-3-12(15)7-10-17(23)25-11-16(22)21-14-8-5-13(6-9-14)18(20)24/h1-10H,11H2,(H2,20,24)(H,21,22)/b10-7+. The van der Waals surface area contributed by atoms with Crippen LogP contribution >= 0.6 is 0 Å². The molecule has 0 saturated carbocycles. The molecule has 0 aromatic heterocycles. The minimum Gasteiger partial charge on any atom is -0.452 e. The van der Waals surface area contributed by atoms with Gasteiger partial charge in [0.05, 0.1) is 0 Å². The number of hydrogen-bond donors (Lipinski definition) is 2. The predicted octanol–water partition coefficient (Wildman–Crippen LogP) is 2.12. The van der Waals surface area contributed by atoms with Gasteiger partial charge in [-0.2, -0.15) is 0 Å². The Hall–Kier alpha value is -3.48. The van der Waals surface area contributed by atoms with Crippen LogP contribution in [-0.2, 0) is 14.3 Å². The van der Waals surface area contributed by atoms with Crippen molar-refractivity contribution < 1.29 is 23.5 Å². The number of ether oxygens (including phenoxy) is 1. The van der Waals surface area contributed by atoms with Crippen LogP contribution in [0.3, 0.4) is 0 Å². The molecule has 0 aliphatic rings. The quantitative estimate of drug-likeness (QED) is 0.620. The zero-order chi connectivity index (χ0) is 18.2. The molecule has 0 bridgehead atoms. The average molecular weight is 342 g/mol. The first-order chi connectivity index (χ1) is 12.0. The molecule has 2 rings (SSSR count). The Kier molecular flexibility index (Phi) is 6.00. The number of nitrogens with one attached hydrogen (secondary N) is 1. The van der Waals surface area contributed by atoms with Crippen LogP contribution in [0.4, 0.5) is 10.1 Å². The number of hydrogen-bond acceptors (Lipinski definition) is 4. The van der Waals surface area contributed by atoms with Gasteiger partial charge in [0.25, 0.3) is 5.91 Å². The van der Waals surface area contributed by atoms with Crippen LogP contribution in [0, 0.1) is 5.82 Å². The third-order valence-electron chi connectivity index (χ3n) is 3.10. The highest BCUT2D eigenvalue weighted by Gasteiger charge is 2.07. The monoisotopic (exact) mass is 342 g/mol. The van der Waals surface area contributed by atoms with Gasteiger partial charge in [0.2, 0.25) is 5.91 Å². The van der Waals surface area contributed by atoms with Crippen molar-refractivity contribution in [3.05, 3.63) is 71.6 Å². The molecular weight excluding hydrogens is 327 g/mol. The molecule has 0 fully saturated rings. The van der Waals surface area contributed by atoms with Gasteiger partial charge < -0.3 is 15.8 Å². The number of anilines is 1. The number of carbonyl (C=O) groups excluding carboxylic acids is 3. The summed E-state index contributed by atoms with van der Waals surface area (Å²) in [5.74, 6) is -2.38. The summed E-state index contributed by atoms with van der Waals surface area (Å²) in [7, 11) is 0. The summed E-state index contributed by atoms with van der Waals surface area (Å²) in [4.78, 5) is 34.2. The first-order valence-corrected chi connectivity index (χ1v) is 7.25. The van der Waals surface area contributed by atoms with E-state index in [9.17, 15) is 18.8 Å². The largest absolute Gasteiger partial charge is 0.452 e. The van der Waals surface area contributed by atoms with E-state index in [0.29, 0.717) is 11.3 Å². The second-order valence-electron chi connectivity index (χ2n) is 4.95. The number of halogens is 1. The number of amides is 2. The summed E-state index contributed by atoms with van der Waals surface area (Å²) >= 11 is 0. The molecule has 6 nitrogen and oxygen atoms in total. The molecular formula is C18H15FN2O4. The molecule has 0 aliphatic carbocycles. The maximum atomic E-state index is 13.4. The predicted molar refractivity (Wildman–Crippen MR) is 90.0 cm³/mol. The van der Waals surface area contributed by atoms with Crippen molar-refractivity contribution >= 4 is 29.5 Å². The normalized spacial score (nSPS) is 10.4. The summed E-state index contributed by atoms with van der Waals surface area (Å²) < 4.78 is 18.1. The van der Waals surface area contributed by atoms with Gasteiger partial charge in [-0.05, 0) is 36.4 Å². The van der Waals surface area contributed by atoms with Crippen molar-refractivity contribution in [2.24, 2.45) is 5.73 Å². The van der Waals surface area contributed by atoms with Crippen molar-refractivity contribution in [2.75, 3.05) is 11.9 Å². The Bertz CT molecular complexity index is 816. The number of nitrogens with two attached hydrogens (primary N) is 1. The van der Waals surface area contributed by atoms with Crippen molar-refractivity contribution in [1.29, 1.82) is 0 Å². The van der Waals surface area contributed by atoms with Crippen molar-refractivity contribution in [1.82, 2.24) is 0 Å². The van der Waals surface area contributed by atoms with Crippen LogP contribution < -0.4 is 11.1 Å². The SMILES string of the molecule is NC(=O)c1ccc(NC(=O)COC(=O)/C=C/c2ccccc2F)cc1. The van der Waals surface area contributed by atoms with Crippen LogP contribution in [0.25, 0.3) is 6.08 Å². The molecule has 0 radical (unpaired) electrons. The maximum Gasteiger partial charge on any atom is 0.331 e. The molecule has 0 heterocycles. The fourth-order valence-electron chi connectivity index (χ4n) is 1.87. The number of primary amides is 1. The molecule has 0 saturated heterocycles. The molecule has 128 valence electrons. The van der Waals surface area contributed by atoms with Crippen LogP contribution in [0.2, 0.25) is 0 Å². The summed E-state index contributed by atoms with van der Waals surface area (Å²) in [5, 5.41) is 2.49. The van der Waals surface area contributed by atoms with Crippen molar-refractivity contribution in [3.8, 4) is 0 Å². The minimum atomic E-state index is -0.775. The van der Waals surface area contributed by atoms with E-state index in [1.54, 1.807) is 6.07 Å². The van der Waals surface area contributed by atoms with Gasteiger partial charge in [-0.25, -0.2) is 9.18 Å². The van der Waals surface area contributed by atoms with E-state index in [2.05, 4.69) is 5.32 Å². The van der Waals surface area contributed by atoms with Gasteiger partial charge in [0.1, 0.15) is 5.82 Å². The van der Waals surface area contributed by atoms with E-state index >= 15 is 0 Å². The van der Waals surface area contributed by atoms with Crippen molar-refractivity contribution in [2.45, 2.75) is 0 Å². The Balaban J connectivity index is 1.82. The van der Waals surface area contributed by atoms with E-state index in [0.717, 1.165) is 6.08 Å². The van der Waals surface area contributed by atoms with Gasteiger partial charge in [-0.1, -0.05) is 18.2 Å². The molecule has 3 N–H and O–H groups in total.